The number of nitrogens with zero attached hydrogens (tertiary/aromatic N) is 1. The van der Waals surface area contributed by atoms with E-state index in [0.717, 1.165) is 22.2 Å². The molecule has 88 valence electrons. The number of hydrogen-bond donors (Lipinski definition) is 1. The second kappa shape index (κ2) is 4.53. The van der Waals surface area contributed by atoms with Crippen molar-refractivity contribution in [3.8, 4) is 0 Å². The van der Waals surface area contributed by atoms with Crippen molar-refractivity contribution in [1.82, 2.24) is 4.98 Å². The van der Waals surface area contributed by atoms with E-state index in [1.165, 1.54) is 0 Å². The number of hydrogen-bond acceptors (Lipinski definition) is 2. The molecule has 1 N–H and O–H groups in total. The number of carboxylic acids is 1. The van der Waals surface area contributed by atoms with Crippen molar-refractivity contribution in [2.45, 2.75) is 26.2 Å². The Morgan fingerprint density at radius 1 is 1.41 bits per heavy atom. The zero-order valence-electron chi connectivity index (χ0n) is 9.97. The number of pyridine rings is 1. The van der Waals surface area contributed by atoms with Crippen LogP contribution in [0.3, 0.4) is 0 Å². The summed E-state index contributed by atoms with van der Waals surface area (Å²) in [5.74, 6) is -0.768. The van der Waals surface area contributed by atoms with E-state index >= 15 is 0 Å². The van der Waals surface area contributed by atoms with Gasteiger partial charge in [0, 0.05) is 11.1 Å². The molecule has 0 spiro atoms. The van der Waals surface area contributed by atoms with Gasteiger partial charge < -0.3 is 5.11 Å². The molecule has 0 aliphatic carbocycles. The molecule has 0 aliphatic heterocycles. The van der Waals surface area contributed by atoms with Gasteiger partial charge in [0.2, 0.25) is 0 Å². The summed E-state index contributed by atoms with van der Waals surface area (Å²) in [5, 5.41) is 9.92. The van der Waals surface area contributed by atoms with Crippen LogP contribution >= 0.6 is 0 Å². The highest BCUT2D eigenvalue weighted by Gasteiger charge is 2.14. The lowest BCUT2D eigenvalue weighted by atomic mass is 9.94. The smallest absolute Gasteiger partial charge is 0.303 e. The van der Waals surface area contributed by atoms with E-state index in [9.17, 15) is 4.79 Å². The van der Waals surface area contributed by atoms with E-state index in [1.54, 1.807) is 0 Å². The SMILES string of the molecule is Cc1cc(C(C)CC(=O)O)c2ccccc2n1. The van der Waals surface area contributed by atoms with Crippen LogP contribution in [-0.2, 0) is 4.79 Å². The molecule has 2 aromatic rings. The Hall–Kier alpha value is -1.90. The monoisotopic (exact) mass is 229 g/mol. The number of carbonyl (C=O) groups is 1. The number of carboxylic acid groups (broad SMARTS) is 1. The van der Waals surface area contributed by atoms with Crippen molar-refractivity contribution in [2.24, 2.45) is 0 Å². The topological polar surface area (TPSA) is 50.2 Å². The number of aromatic nitrogens is 1. The van der Waals surface area contributed by atoms with Gasteiger partial charge in [-0.3, -0.25) is 9.78 Å². The number of para-hydroxylation sites is 1. The molecule has 0 fully saturated rings. The van der Waals surface area contributed by atoms with E-state index in [2.05, 4.69) is 4.98 Å². The predicted molar refractivity (Wildman–Crippen MR) is 67.1 cm³/mol. The molecule has 0 saturated carbocycles. The quantitative estimate of drug-likeness (QED) is 0.879. The van der Waals surface area contributed by atoms with Crippen LogP contribution in [0.25, 0.3) is 10.9 Å². The molecular formula is C14H15NO2. The highest BCUT2D eigenvalue weighted by atomic mass is 16.4. The fourth-order valence-corrected chi connectivity index (χ4v) is 2.12. The first-order valence-corrected chi connectivity index (χ1v) is 5.66. The molecule has 0 bridgehead atoms. The number of aliphatic carboxylic acids is 1. The highest BCUT2D eigenvalue weighted by molar-refractivity contribution is 5.83. The molecule has 0 aliphatic rings. The molecule has 3 nitrogen and oxygen atoms in total. The Morgan fingerprint density at radius 3 is 2.82 bits per heavy atom. The lowest BCUT2D eigenvalue weighted by molar-refractivity contribution is -0.137. The fraction of sp³-hybridized carbons (Fsp3) is 0.286. The van der Waals surface area contributed by atoms with Gasteiger partial charge >= 0.3 is 5.97 Å². The third-order valence-electron chi connectivity index (χ3n) is 2.89. The van der Waals surface area contributed by atoms with Crippen molar-refractivity contribution >= 4 is 16.9 Å². The third-order valence-corrected chi connectivity index (χ3v) is 2.89. The highest BCUT2D eigenvalue weighted by Crippen LogP contribution is 2.27. The molecule has 3 heteroatoms. The molecule has 1 atom stereocenters. The van der Waals surface area contributed by atoms with Crippen molar-refractivity contribution < 1.29 is 9.90 Å². The summed E-state index contributed by atoms with van der Waals surface area (Å²) in [6.45, 7) is 3.87. The molecule has 1 unspecified atom stereocenters. The predicted octanol–water partition coefficient (Wildman–Crippen LogP) is 3.12. The zero-order chi connectivity index (χ0) is 12.4. The third kappa shape index (κ3) is 2.44. The number of benzene rings is 1. The molecule has 0 amide bonds. The first-order chi connectivity index (χ1) is 8.08. The van der Waals surface area contributed by atoms with Gasteiger partial charge in [0.25, 0.3) is 0 Å². The summed E-state index contributed by atoms with van der Waals surface area (Å²) in [7, 11) is 0. The average Bonchev–Trinajstić information content (AvgIpc) is 2.26. The van der Waals surface area contributed by atoms with Gasteiger partial charge in [-0.2, -0.15) is 0 Å². The minimum absolute atomic E-state index is 0.000833. The van der Waals surface area contributed by atoms with Gasteiger partial charge in [-0.15, -0.1) is 0 Å². The van der Waals surface area contributed by atoms with Crippen molar-refractivity contribution in [2.75, 3.05) is 0 Å². The van der Waals surface area contributed by atoms with Crippen LogP contribution in [0.5, 0.6) is 0 Å². The Morgan fingerprint density at radius 2 is 2.12 bits per heavy atom. The minimum atomic E-state index is -0.768. The Kier molecular flexibility index (Phi) is 3.09. The van der Waals surface area contributed by atoms with Crippen LogP contribution < -0.4 is 0 Å². The summed E-state index contributed by atoms with van der Waals surface area (Å²) in [4.78, 5) is 15.2. The Labute approximate surface area is 100 Å². The minimum Gasteiger partial charge on any atom is -0.481 e. The molecule has 1 heterocycles. The number of aryl methyl sites for hydroxylation is 1. The maximum Gasteiger partial charge on any atom is 0.303 e. The van der Waals surface area contributed by atoms with E-state index in [-0.39, 0.29) is 12.3 Å². The standard InChI is InChI=1S/C14H15NO2/c1-9(7-14(16)17)12-8-10(2)15-13-6-4-3-5-11(12)13/h3-6,8-9H,7H2,1-2H3,(H,16,17). The first kappa shape index (κ1) is 11.6. The normalized spacial score (nSPS) is 12.6. The zero-order valence-corrected chi connectivity index (χ0v) is 9.97. The molecule has 0 radical (unpaired) electrons. The molecule has 2 rings (SSSR count). The van der Waals surface area contributed by atoms with E-state index < -0.39 is 5.97 Å². The summed E-state index contributed by atoms with van der Waals surface area (Å²) >= 11 is 0. The largest absolute Gasteiger partial charge is 0.481 e. The van der Waals surface area contributed by atoms with Gasteiger partial charge in [0.15, 0.2) is 0 Å². The van der Waals surface area contributed by atoms with Crippen molar-refractivity contribution in [3.63, 3.8) is 0 Å². The summed E-state index contributed by atoms with van der Waals surface area (Å²) in [5.41, 5.74) is 2.92. The van der Waals surface area contributed by atoms with E-state index in [4.69, 9.17) is 5.11 Å². The van der Waals surface area contributed by atoms with Crippen LogP contribution in [-0.4, -0.2) is 16.1 Å². The molecule has 0 saturated heterocycles. The average molecular weight is 229 g/mol. The lowest BCUT2D eigenvalue weighted by Crippen LogP contribution is -2.04. The molecule has 1 aromatic carbocycles. The second-order valence-electron chi connectivity index (χ2n) is 4.37. The number of rotatable bonds is 3. The van der Waals surface area contributed by atoms with Crippen molar-refractivity contribution in [1.29, 1.82) is 0 Å². The maximum absolute atomic E-state index is 10.8. The van der Waals surface area contributed by atoms with Crippen LogP contribution in [0, 0.1) is 6.92 Å². The molecular weight excluding hydrogens is 214 g/mol. The van der Waals surface area contributed by atoms with Crippen molar-refractivity contribution in [3.05, 3.63) is 41.6 Å². The first-order valence-electron chi connectivity index (χ1n) is 5.66. The van der Waals surface area contributed by atoms with E-state index in [0.29, 0.717) is 0 Å². The van der Waals surface area contributed by atoms with Crippen LogP contribution in [0.2, 0.25) is 0 Å². The summed E-state index contributed by atoms with van der Waals surface area (Å²) in [6.07, 6.45) is 0.146. The van der Waals surface area contributed by atoms with Gasteiger partial charge in [-0.1, -0.05) is 25.1 Å². The lowest BCUT2D eigenvalue weighted by Gasteiger charge is -2.13. The second-order valence-corrected chi connectivity index (χ2v) is 4.37. The Bertz CT molecular complexity index is 563. The van der Waals surface area contributed by atoms with Gasteiger partial charge in [0.1, 0.15) is 0 Å². The van der Waals surface area contributed by atoms with E-state index in [1.807, 2.05) is 44.2 Å². The molecule has 1 aromatic heterocycles. The fourth-order valence-electron chi connectivity index (χ4n) is 2.12. The van der Waals surface area contributed by atoms with Gasteiger partial charge in [-0.25, -0.2) is 0 Å². The maximum atomic E-state index is 10.8. The molecule has 17 heavy (non-hydrogen) atoms. The number of fused-ring (bicyclic) bond motifs is 1. The summed E-state index contributed by atoms with van der Waals surface area (Å²) < 4.78 is 0. The van der Waals surface area contributed by atoms with Crippen LogP contribution in [0.4, 0.5) is 0 Å². The van der Waals surface area contributed by atoms with Gasteiger partial charge in [-0.05, 0) is 30.5 Å². The summed E-state index contributed by atoms with van der Waals surface area (Å²) in [6, 6.07) is 9.83. The van der Waals surface area contributed by atoms with Crippen LogP contribution in [0.15, 0.2) is 30.3 Å². The Balaban J connectivity index is 2.55. The van der Waals surface area contributed by atoms with Gasteiger partial charge in [0.05, 0.1) is 11.9 Å². The van der Waals surface area contributed by atoms with Crippen LogP contribution in [0.1, 0.15) is 30.5 Å².